The molecule has 0 nitrogen and oxygen atoms in total. The minimum Gasteiger partial charge on any atom is -0.794 e. The van der Waals surface area contributed by atoms with E-state index in [1.807, 2.05) is 0 Å². The third-order valence-electron chi connectivity index (χ3n) is 0. The van der Waals surface area contributed by atoms with Gasteiger partial charge in [0, 0.05) is 0 Å². The lowest BCUT2D eigenvalue weighted by Crippen LogP contribution is -1.49. The monoisotopic (exact) mass is 162 g/mol. The highest BCUT2D eigenvalue weighted by molar-refractivity contribution is 9.03. The van der Waals surface area contributed by atoms with E-state index in [-0.39, 0.29) is 4.28 Å². The van der Waals surface area contributed by atoms with Crippen molar-refractivity contribution in [3.8, 4) is 0 Å². The molecule has 0 bridgehead atoms. The van der Waals surface area contributed by atoms with Gasteiger partial charge in [-0.25, -0.2) is 0 Å². The maximum Gasteiger partial charge on any atom is 1.00 e. The SMILES string of the molecule is S=P([S-])([S-])[S-].[H+].[H+].[H+]. The van der Waals surface area contributed by atoms with Crippen LogP contribution in [0.2, 0.25) is 0 Å². The Kier molecular flexibility index (Phi) is 2.85. The van der Waals surface area contributed by atoms with Gasteiger partial charge in [0.15, 0.2) is 0 Å². The van der Waals surface area contributed by atoms with Gasteiger partial charge in [-0.3, -0.25) is 0 Å². The highest BCUT2D eigenvalue weighted by Crippen LogP contribution is 2.35. The topological polar surface area (TPSA) is 0 Å². The Hall–Kier alpha value is 1.70. The van der Waals surface area contributed by atoms with Crippen molar-refractivity contribution in [1.29, 1.82) is 0 Å². The van der Waals surface area contributed by atoms with Crippen molar-refractivity contribution in [2.45, 2.75) is 0 Å². The summed E-state index contributed by atoms with van der Waals surface area (Å²) in [6.07, 6.45) is 0. The second kappa shape index (κ2) is 2.12. The Bertz CT molecular complexity index is 57.4. The van der Waals surface area contributed by atoms with Crippen molar-refractivity contribution in [3.05, 3.63) is 0 Å². The largest absolute Gasteiger partial charge is 1.00 e. The van der Waals surface area contributed by atoms with E-state index >= 15 is 0 Å². The molecule has 5 heavy (non-hydrogen) atoms. The Morgan fingerprint density at radius 3 is 1.40 bits per heavy atom. The number of hydrogen-bond donors (Lipinski definition) is 0. The molecule has 0 aliphatic heterocycles. The first-order valence-corrected chi connectivity index (χ1v) is 6.57. The zero-order valence-corrected chi connectivity index (χ0v) is 6.24. The molecule has 0 amide bonds. The van der Waals surface area contributed by atoms with Crippen LogP contribution in [0.4, 0.5) is 0 Å². The van der Waals surface area contributed by atoms with Gasteiger partial charge in [0.1, 0.15) is 0 Å². The smallest absolute Gasteiger partial charge is 0.794 e. The maximum absolute atomic E-state index is 4.38. The fourth-order valence-corrected chi connectivity index (χ4v) is 0. The van der Waals surface area contributed by atoms with Crippen molar-refractivity contribution >= 4 is 52.2 Å². The van der Waals surface area contributed by atoms with Gasteiger partial charge < -0.3 is 40.4 Å². The molecular formula is H3PS4. The zero-order chi connectivity index (χ0) is 4.50. The van der Waals surface area contributed by atoms with Gasteiger partial charge in [0.25, 0.3) is 0 Å². The summed E-state index contributed by atoms with van der Waals surface area (Å²) >= 11 is 17.5. The van der Waals surface area contributed by atoms with Crippen LogP contribution in [-0.2, 0) is 48.6 Å². The molecule has 0 aliphatic carbocycles. The zero-order valence-electron chi connectivity index (χ0n) is 5.08. The van der Waals surface area contributed by atoms with E-state index in [9.17, 15) is 0 Å². The first-order chi connectivity index (χ1) is 2.00. The average molecular weight is 162 g/mol. The van der Waals surface area contributed by atoms with E-state index in [0.717, 1.165) is 0 Å². The lowest BCUT2D eigenvalue weighted by molar-refractivity contribution is 5.26. The van der Waals surface area contributed by atoms with E-state index in [2.05, 4.69) is 48.6 Å². The Morgan fingerprint density at radius 2 is 1.40 bits per heavy atom. The fraction of sp³-hybridized carbons (Fsp3) is 0. The molecule has 5 heteroatoms. The summed E-state index contributed by atoms with van der Waals surface area (Å²) in [7, 11) is 0. The minimum absolute atomic E-state index is 0. The van der Waals surface area contributed by atoms with Crippen molar-refractivity contribution < 1.29 is 4.28 Å². The van der Waals surface area contributed by atoms with Crippen molar-refractivity contribution in [2.24, 2.45) is 0 Å². The molecule has 0 saturated heterocycles. The summed E-state index contributed by atoms with van der Waals surface area (Å²) in [6.45, 7) is 0. The van der Waals surface area contributed by atoms with Gasteiger partial charge >= 0.3 is 4.28 Å². The van der Waals surface area contributed by atoms with E-state index in [0.29, 0.717) is 0 Å². The third-order valence-corrected chi connectivity index (χ3v) is 0. The molecule has 0 aliphatic rings. The molecule has 0 unspecified atom stereocenters. The molecule has 0 radical (unpaired) electrons. The van der Waals surface area contributed by atoms with Gasteiger partial charge in [-0.05, 0) is 0 Å². The molecule has 0 N–H and O–H groups in total. The van der Waals surface area contributed by atoms with Gasteiger partial charge in [-0.1, -0.05) is 0 Å². The van der Waals surface area contributed by atoms with Crippen molar-refractivity contribution in [1.82, 2.24) is 0 Å². The molecule has 0 rings (SSSR count). The normalized spacial score (nSPS) is 11.8. The Labute approximate surface area is 56.7 Å². The van der Waals surface area contributed by atoms with E-state index in [1.165, 1.54) is 0 Å². The van der Waals surface area contributed by atoms with Crippen LogP contribution in [0.3, 0.4) is 0 Å². The summed E-state index contributed by atoms with van der Waals surface area (Å²) in [4.78, 5) is 0. The molecule has 0 heterocycles. The fourth-order valence-electron chi connectivity index (χ4n) is 0. The molecule has 0 aromatic carbocycles. The third kappa shape index (κ3) is 27.0. The Balaban J connectivity index is -0.0000000267. The van der Waals surface area contributed by atoms with Gasteiger partial charge in [0.05, 0.1) is 0 Å². The second-order valence-electron chi connectivity index (χ2n) is 0.447. The van der Waals surface area contributed by atoms with Gasteiger partial charge in [0.2, 0.25) is 0 Å². The van der Waals surface area contributed by atoms with Crippen LogP contribution < -0.4 is 0 Å². The summed E-state index contributed by atoms with van der Waals surface area (Å²) in [5, 5.41) is 0. The molecule has 0 aromatic heterocycles. The van der Waals surface area contributed by atoms with Crippen LogP contribution in [-0.4, -0.2) is 0 Å². The molecule has 0 aromatic rings. The highest BCUT2D eigenvalue weighted by atomic mass is 33.5. The van der Waals surface area contributed by atoms with E-state index in [1.54, 1.807) is 0 Å². The second-order valence-corrected chi connectivity index (χ2v) is 12.1. The highest BCUT2D eigenvalue weighted by Gasteiger charge is 1.32. The maximum atomic E-state index is 4.38. The Morgan fingerprint density at radius 1 is 1.40 bits per heavy atom. The van der Waals surface area contributed by atoms with Gasteiger partial charge in [-0.15, -0.1) is 0 Å². The lowest BCUT2D eigenvalue weighted by Gasteiger charge is -2.46. The van der Waals surface area contributed by atoms with Crippen LogP contribution in [0.25, 0.3) is 0 Å². The summed E-state index contributed by atoms with van der Waals surface area (Å²) < 4.78 is -2.06. The molecular weight excluding hydrogens is 159 g/mol. The van der Waals surface area contributed by atoms with Crippen LogP contribution in [0.1, 0.15) is 4.28 Å². The molecule has 0 spiro atoms. The lowest BCUT2D eigenvalue weighted by atomic mass is 29.6. The van der Waals surface area contributed by atoms with Crippen molar-refractivity contribution in [2.75, 3.05) is 0 Å². The quantitative estimate of drug-likeness (QED) is 0.387. The molecule has 32 valence electrons. The van der Waals surface area contributed by atoms with Crippen LogP contribution in [0, 0.1) is 0 Å². The standard InChI is InChI=1S/H3PS4/c2-1(3,4)5/h(H3,2,3,4,5). The first kappa shape index (κ1) is 6.70. The van der Waals surface area contributed by atoms with Gasteiger partial charge in [-0.2, -0.15) is 11.8 Å². The predicted molar refractivity (Wildman–Crippen MR) is 39.7 cm³/mol. The van der Waals surface area contributed by atoms with E-state index < -0.39 is 3.64 Å². The first-order valence-electron chi connectivity index (χ1n) is 0.730. The summed E-state index contributed by atoms with van der Waals surface area (Å²) in [6, 6.07) is 0. The number of hydrogen-bond acceptors (Lipinski definition) is 4. The molecule has 0 fully saturated rings. The summed E-state index contributed by atoms with van der Waals surface area (Å²) in [5.74, 6) is 0. The van der Waals surface area contributed by atoms with E-state index in [4.69, 9.17) is 0 Å². The van der Waals surface area contributed by atoms with Crippen LogP contribution in [0.15, 0.2) is 0 Å². The average Bonchev–Trinajstić information content (AvgIpc) is 0.722. The summed E-state index contributed by atoms with van der Waals surface area (Å²) in [5.41, 5.74) is 0. The van der Waals surface area contributed by atoms with Crippen LogP contribution >= 0.6 is 3.64 Å². The predicted octanol–water partition coefficient (Wildman–Crippen LogP) is 1.19. The minimum atomic E-state index is -2.06. The van der Waals surface area contributed by atoms with Crippen LogP contribution in [0.5, 0.6) is 0 Å². The molecule has 0 atom stereocenters. The number of rotatable bonds is 0. The molecule has 0 saturated carbocycles. The van der Waals surface area contributed by atoms with Crippen molar-refractivity contribution in [3.63, 3.8) is 0 Å².